The number of phosphoric ester groups is 2. The molecule has 17 nitrogen and oxygen atoms in total. The molecule has 0 aliphatic heterocycles. The van der Waals surface area contributed by atoms with E-state index in [1.807, 2.05) is 0 Å². The molecule has 0 aliphatic carbocycles. The molecule has 3 N–H and O–H groups in total. The smallest absolute Gasteiger partial charge is 0.462 e. The molecule has 0 rings (SSSR count). The number of phosphoric acid groups is 2. The fraction of sp³-hybridized carbons (Fsp3) is 0.808. The minimum Gasteiger partial charge on any atom is -0.462 e. The van der Waals surface area contributed by atoms with E-state index in [9.17, 15) is 43.2 Å². The summed E-state index contributed by atoms with van der Waals surface area (Å²) in [5, 5.41) is 10.6. The summed E-state index contributed by atoms with van der Waals surface area (Å²) in [6, 6.07) is 0. The average molecular weight is 1340 g/mol. The molecular weight excluding hydrogens is 1210 g/mol. The maximum Gasteiger partial charge on any atom is 0.472 e. The Labute approximate surface area is 559 Å². The first-order valence-corrected chi connectivity index (χ1v) is 39.5. The van der Waals surface area contributed by atoms with Crippen LogP contribution >= 0.6 is 15.6 Å². The van der Waals surface area contributed by atoms with Crippen LogP contribution < -0.4 is 0 Å². The van der Waals surface area contributed by atoms with Crippen molar-refractivity contribution in [1.82, 2.24) is 0 Å². The number of aliphatic hydroxyl groups excluding tert-OH is 1. The Morgan fingerprint density at radius 1 is 0.315 bits per heavy atom. The van der Waals surface area contributed by atoms with Crippen LogP contribution in [0, 0.1) is 0 Å². The van der Waals surface area contributed by atoms with Gasteiger partial charge in [0.1, 0.15) is 19.3 Å². The molecule has 0 aromatic heterocycles. The van der Waals surface area contributed by atoms with Gasteiger partial charge in [0.05, 0.1) is 26.4 Å². The number of aliphatic hydroxyl groups is 1. The molecule has 0 fully saturated rings. The minimum absolute atomic E-state index is 0.0910. The van der Waals surface area contributed by atoms with Crippen molar-refractivity contribution < 1.29 is 80.2 Å². The summed E-state index contributed by atoms with van der Waals surface area (Å²) < 4.78 is 68.2. The van der Waals surface area contributed by atoms with Gasteiger partial charge in [-0.2, -0.15) is 0 Å². The van der Waals surface area contributed by atoms with Crippen LogP contribution in [0.2, 0.25) is 0 Å². The second kappa shape index (κ2) is 66.4. The molecular formula is C73H132O17P2. The van der Waals surface area contributed by atoms with Crippen molar-refractivity contribution in [3.63, 3.8) is 0 Å². The first kappa shape index (κ1) is 88.8. The zero-order valence-corrected chi connectivity index (χ0v) is 60.0. The van der Waals surface area contributed by atoms with Crippen LogP contribution in [0.5, 0.6) is 0 Å². The molecule has 5 unspecified atom stereocenters. The van der Waals surface area contributed by atoms with Gasteiger partial charge in [0, 0.05) is 25.7 Å². The summed E-state index contributed by atoms with van der Waals surface area (Å²) in [5.41, 5.74) is 0. The van der Waals surface area contributed by atoms with Crippen molar-refractivity contribution in [2.75, 3.05) is 39.6 Å². The number of ether oxygens (including phenoxy) is 4. The lowest BCUT2D eigenvalue weighted by Gasteiger charge is -2.21. The standard InChI is InChI=1S/C73H132O17P2/c1-5-9-13-17-21-25-29-31-33-35-39-41-45-49-53-57-70(75)83-63-68(89-72(77)59-55-51-47-43-37-27-23-19-15-11-7-3)65-87-91(79,80)85-61-67(74)62-86-92(81,82)88-66-69(90-73(78)60-56-52-48-44-38-28-24-20-16-12-8-4)64-84-71(76)58-54-50-46-42-40-36-34-32-30-26-22-18-14-10-6-2/h9,13,21,25,31-34,39,41,67-69,74H,5-8,10-12,14-20,22-24,26-30,35-38,40,42-66H2,1-4H3,(H,79,80)(H,81,82)/b13-9-,25-21-,33-31-,34-32-,41-39-. The summed E-state index contributed by atoms with van der Waals surface area (Å²) in [6.45, 7) is 4.71. The maximum atomic E-state index is 13.0. The van der Waals surface area contributed by atoms with E-state index >= 15 is 0 Å². The molecule has 0 spiro atoms. The number of allylic oxidation sites excluding steroid dienone is 10. The number of rotatable bonds is 69. The van der Waals surface area contributed by atoms with Crippen molar-refractivity contribution in [1.29, 1.82) is 0 Å². The summed E-state index contributed by atoms with van der Waals surface area (Å²) in [6.07, 6.45) is 62.3. The third-order valence-electron chi connectivity index (χ3n) is 15.5. The number of carbonyl (C=O) groups is 4. The van der Waals surface area contributed by atoms with Crippen molar-refractivity contribution in [2.45, 2.75) is 341 Å². The van der Waals surface area contributed by atoms with E-state index in [0.29, 0.717) is 25.7 Å². The molecule has 92 heavy (non-hydrogen) atoms. The highest BCUT2D eigenvalue weighted by atomic mass is 31.2. The van der Waals surface area contributed by atoms with Gasteiger partial charge in [-0.05, 0) is 89.9 Å². The summed E-state index contributed by atoms with van der Waals surface area (Å²) in [5.74, 6) is -2.21. The van der Waals surface area contributed by atoms with Gasteiger partial charge in [-0.3, -0.25) is 37.3 Å². The van der Waals surface area contributed by atoms with Gasteiger partial charge in [0.25, 0.3) is 0 Å². The van der Waals surface area contributed by atoms with E-state index < -0.39 is 97.5 Å². The Hall–Kier alpha value is -3.24. The Morgan fingerprint density at radius 3 is 0.902 bits per heavy atom. The molecule has 19 heteroatoms. The van der Waals surface area contributed by atoms with Gasteiger partial charge < -0.3 is 33.8 Å². The summed E-state index contributed by atoms with van der Waals surface area (Å²) in [7, 11) is -9.93. The van der Waals surface area contributed by atoms with Gasteiger partial charge >= 0.3 is 39.5 Å². The lowest BCUT2D eigenvalue weighted by Crippen LogP contribution is -2.30. The van der Waals surface area contributed by atoms with E-state index in [2.05, 4.69) is 88.5 Å². The number of hydrogen-bond donors (Lipinski definition) is 3. The van der Waals surface area contributed by atoms with E-state index in [-0.39, 0.29) is 25.7 Å². The SMILES string of the molecule is CC/C=C\C/C=C\C/C=C\C/C=C\CCCCC(=O)OCC(COP(=O)(O)OCC(O)COP(=O)(O)OCC(COC(=O)CCCCCCC/C=C\CCCCCCCC)OC(=O)CCCCCCCCCCCCC)OC(=O)CCCCCCCCCCCCC. The first-order valence-electron chi connectivity index (χ1n) is 36.5. The summed E-state index contributed by atoms with van der Waals surface area (Å²) in [4.78, 5) is 72.6. The molecule has 0 aliphatic rings. The van der Waals surface area contributed by atoms with E-state index in [1.165, 1.54) is 116 Å². The Kier molecular flexibility index (Phi) is 64.0. The van der Waals surface area contributed by atoms with Crippen LogP contribution in [0.4, 0.5) is 0 Å². The van der Waals surface area contributed by atoms with Crippen LogP contribution in [-0.4, -0.2) is 96.7 Å². The van der Waals surface area contributed by atoms with Crippen molar-refractivity contribution in [2.24, 2.45) is 0 Å². The van der Waals surface area contributed by atoms with Gasteiger partial charge in [0.15, 0.2) is 12.2 Å². The third kappa shape index (κ3) is 65.4. The van der Waals surface area contributed by atoms with Crippen LogP contribution in [0.25, 0.3) is 0 Å². The van der Waals surface area contributed by atoms with Gasteiger partial charge in [-0.25, -0.2) is 9.13 Å². The van der Waals surface area contributed by atoms with Crippen LogP contribution in [0.3, 0.4) is 0 Å². The molecule has 0 amide bonds. The molecule has 0 saturated heterocycles. The predicted molar refractivity (Wildman–Crippen MR) is 372 cm³/mol. The highest BCUT2D eigenvalue weighted by Crippen LogP contribution is 2.45. The van der Waals surface area contributed by atoms with Gasteiger partial charge in [-0.15, -0.1) is 0 Å². The van der Waals surface area contributed by atoms with Crippen LogP contribution in [-0.2, 0) is 65.4 Å². The number of unbranched alkanes of at least 4 members (excludes halogenated alkanes) is 33. The lowest BCUT2D eigenvalue weighted by atomic mass is 10.1. The van der Waals surface area contributed by atoms with Gasteiger partial charge in [-0.1, -0.05) is 268 Å². The Bertz CT molecular complexity index is 1990. The number of hydrogen-bond acceptors (Lipinski definition) is 15. The van der Waals surface area contributed by atoms with Crippen molar-refractivity contribution >= 4 is 39.5 Å². The predicted octanol–water partition coefficient (Wildman–Crippen LogP) is 20.3. The van der Waals surface area contributed by atoms with Crippen LogP contribution in [0.1, 0.15) is 323 Å². The molecule has 0 saturated carbocycles. The maximum absolute atomic E-state index is 13.0. The average Bonchev–Trinajstić information content (AvgIpc) is 2.55. The molecule has 0 bridgehead atoms. The molecule has 0 aromatic carbocycles. The van der Waals surface area contributed by atoms with Crippen LogP contribution in [0.15, 0.2) is 60.8 Å². The normalized spacial score (nSPS) is 14.4. The van der Waals surface area contributed by atoms with E-state index in [0.717, 1.165) is 128 Å². The highest BCUT2D eigenvalue weighted by molar-refractivity contribution is 7.47. The third-order valence-corrected chi connectivity index (χ3v) is 17.4. The molecule has 0 aromatic rings. The quantitative estimate of drug-likeness (QED) is 0.0169. The molecule has 0 radical (unpaired) electrons. The monoisotopic (exact) mass is 1340 g/mol. The molecule has 536 valence electrons. The fourth-order valence-corrected chi connectivity index (χ4v) is 11.5. The van der Waals surface area contributed by atoms with Gasteiger partial charge in [0.2, 0.25) is 0 Å². The highest BCUT2D eigenvalue weighted by Gasteiger charge is 2.30. The zero-order chi connectivity index (χ0) is 67.5. The largest absolute Gasteiger partial charge is 0.472 e. The molecule has 0 heterocycles. The van der Waals surface area contributed by atoms with Crippen molar-refractivity contribution in [3.8, 4) is 0 Å². The first-order chi connectivity index (χ1) is 44.7. The van der Waals surface area contributed by atoms with E-state index in [4.69, 9.17) is 37.0 Å². The number of esters is 4. The Morgan fingerprint density at radius 2 is 0.565 bits per heavy atom. The number of carbonyl (C=O) groups excluding carboxylic acids is 4. The molecule has 5 atom stereocenters. The Balaban J connectivity index is 5.31. The zero-order valence-electron chi connectivity index (χ0n) is 58.2. The second-order valence-electron chi connectivity index (χ2n) is 24.5. The minimum atomic E-state index is -4.97. The second-order valence-corrected chi connectivity index (χ2v) is 27.4. The van der Waals surface area contributed by atoms with Crippen molar-refractivity contribution in [3.05, 3.63) is 60.8 Å². The lowest BCUT2D eigenvalue weighted by molar-refractivity contribution is -0.161. The van der Waals surface area contributed by atoms with E-state index in [1.54, 1.807) is 0 Å². The fourth-order valence-electron chi connectivity index (χ4n) is 9.91. The topological polar surface area (TPSA) is 237 Å². The summed E-state index contributed by atoms with van der Waals surface area (Å²) >= 11 is 0.